The van der Waals surface area contributed by atoms with Crippen molar-refractivity contribution in [1.29, 1.82) is 0 Å². The lowest BCUT2D eigenvalue weighted by Crippen LogP contribution is -2.48. The van der Waals surface area contributed by atoms with Crippen LogP contribution in [0, 0.1) is 0 Å². The summed E-state index contributed by atoms with van der Waals surface area (Å²) in [7, 11) is 1.17. The Balaban J connectivity index is 2.88. The molecular weight excluding hydrogens is 242 g/mol. The molecular formula is C11H19NO6. The normalized spacial score (nSPS) is 28.1. The zero-order valence-corrected chi connectivity index (χ0v) is 10.9. The van der Waals surface area contributed by atoms with Gasteiger partial charge in [-0.3, -0.25) is 4.90 Å². The molecule has 3 unspecified atom stereocenters. The second-order valence-electron chi connectivity index (χ2n) is 5.14. The molecule has 0 spiro atoms. The molecule has 0 radical (unpaired) electrons. The van der Waals surface area contributed by atoms with Gasteiger partial charge in [0.1, 0.15) is 17.7 Å². The molecule has 0 aromatic rings. The van der Waals surface area contributed by atoms with Gasteiger partial charge in [0, 0.05) is 6.42 Å². The van der Waals surface area contributed by atoms with E-state index < -0.39 is 36.0 Å². The lowest BCUT2D eigenvalue weighted by Gasteiger charge is -2.29. The van der Waals surface area contributed by atoms with Crippen LogP contribution >= 0.6 is 0 Å². The van der Waals surface area contributed by atoms with Crippen LogP contribution in [0.25, 0.3) is 0 Å². The van der Waals surface area contributed by atoms with Gasteiger partial charge in [-0.2, -0.15) is 0 Å². The Morgan fingerprint density at radius 2 is 1.83 bits per heavy atom. The summed E-state index contributed by atoms with van der Waals surface area (Å²) >= 11 is 0. The van der Waals surface area contributed by atoms with Crippen LogP contribution in [0.3, 0.4) is 0 Å². The predicted octanol–water partition coefficient (Wildman–Crippen LogP) is -0.152. The largest absolute Gasteiger partial charge is 0.467 e. The number of aliphatic hydroxyl groups is 2. The molecule has 7 nitrogen and oxygen atoms in total. The van der Waals surface area contributed by atoms with Gasteiger partial charge in [0.25, 0.3) is 0 Å². The fourth-order valence-corrected chi connectivity index (χ4v) is 1.73. The minimum Gasteiger partial charge on any atom is -0.467 e. The first-order chi connectivity index (χ1) is 8.17. The molecule has 1 heterocycles. The summed E-state index contributed by atoms with van der Waals surface area (Å²) in [5.74, 6) is -0.698. The van der Waals surface area contributed by atoms with Gasteiger partial charge in [-0.15, -0.1) is 0 Å². The third-order valence-electron chi connectivity index (χ3n) is 2.51. The van der Waals surface area contributed by atoms with Crippen LogP contribution in [-0.4, -0.2) is 58.3 Å². The van der Waals surface area contributed by atoms with E-state index in [4.69, 9.17) is 4.74 Å². The van der Waals surface area contributed by atoms with E-state index >= 15 is 0 Å². The molecule has 1 amide bonds. The van der Waals surface area contributed by atoms with Gasteiger partial charge in [-0.1, -0.05) is 0 Å². The van der Waals surface area contributed by atoms with E-state index in [1.165, 1.54) is 7.11 Å². The number of aliphatic hydroxyl groups excluding tert-OH is 2. The molecule has 1 aliphatic rings. The first-order valence-electron chi connectivity index (χ1n) is 5.62. The number of rotatable bonds is 1. The monoisotopic (exact) mass is 261 g/mol. The van der Waals surface area contributed by atoms with Gasteiger partial charge >= 0.3 is 12.1 Å². The third kappa shape index (κ3) is 3.11. The van der Waals surface area contributed by atoms with Gasteiger partial charge in [-0.25, -0.2) is 9.59 Å². The van der Waals surface area contributed by atoms with Crippen LogP contribution in [0.2, 0.25) is 0 Å². The predicted molar refractivity (Wildman–Crippen MR) is 60.5 cm³/mol. The summed E-state index contributed by atoms with van der Waals surface area (Å²) in [6.07, 6.45) is -3.60. The molecule has 104 valence electrons. The molecule has 3 atom stereocenters. The molecule has 0 aliphatic carbocycles. The summed E-state index contributed by atoms with van der Waals surface area (Å²) in [6.45, 7) is 4.99. The van der Waals surface area contributed by atoms with Crippen LogP contribution in [-0.2, 0) is 14.3 Å². The fraction of sp³-hybridized carbons (Fsp3) is 0.818. The van der Waals surface area contributed by atoms with Gasteiger partial charge < -0.3 is 19.7 Å². The van der Waals surface area contributed by atoms with E-state index in [9.17, 15) is 19.8 Å². The highest BCUT2D eigenvalue weighted by molar-refractivity contribution is 5.82. The van der Waals surface area contributed by atoms with E-state index in [0.29, 0.717) is 0 Å². The molecule has 7 heteroatoms. The number of nitrogens with zero attached hydrogens (tertiary/aromatic N) is 1. The van der Waals surface area contributed by atoms with Crippen molar-refractivity contribution in [3.8, 4) is 0 Å². The highest BCUT2D eigenvalue weighted by Crippen LogP contribution is 2.26. The molecule has 0 aromatic heterocycles. The highest BCUT2D eigenvalue weighted by Gasteiger charge is 2.47. The average molecular weight is 261 g/mol. The SMILES string of the molecule is COC(=O)C1CC(O)C(O)N1C(=O)OC(C)(C)C. The van der Waals surface area contributed by atoms with Gasteiger partial charge in [0.05, 0.1) is 7.11 Å². The minimum absolute atomic E-state index is 0.0763. The summed E-state index contributed by atoms with van der Waals surface area (Å²) < 4.78 is 9.60. The van der Waals surface area contributed by atoms with E-state index in [1.54, 1.807) is 20.8 Å². The van der Waals surface area contributed by atoms with Crippen molar-refractivity contribution in [2.75, 3.05) is 7.11 Å². The van der Waals surface area contributed by atoms with E-state index in [0.717, 1.165) is 4.90 Å². The molecule has 0 bridgehead atoms. The fourth-order valence-electron chi connectivity index (χ4n) is 1.73. The summed E-state index contributed by atoms with van der Waals surface area (Å²) in [4.78, 5) is 24.2. The second kappa shape index (κ2) is 5.11. The number of amides is 1. The number of hydrogen-bond acceptors (Lipinski definition) is 6. The van der Waals surface area contributed by atoms with Crippen molar-refractivity contribution in [1.82, 2.24) is 4.90 Å². The Hall–Kier alpha value is -1.34. The topological polar surface area (TPSA) is 96.3 Å². The molecule has 0 saturated carbocycles. The first-order valence-corrected chi connectivity index (χ1v) is 5.62. The average Bonchev–Trinajstić information content (AvgIpc) is 2.52. The van der Waals surface area contributed by atoms with Crippen molar-refractivity contribution in [2.24, 2.45) is 0 Å². The van der Waals surface area contributed by atoms with Crippen molar-refractivity contribution in [3.05, 3.63) is 0 Å². The zero-order chi connectivity index (χ0) is 14.1. The smallest absolute Gasteiger partial charge is 0.413 e. The van der Waals surface area contributed by atoms with Crippen LogP contribution in [0.4, 0.5) is 4.79 Å². The van der Waals surface area contributed by atoms with Gasteiger partial charge in [0.2, 0.25) is 0 Å². The van der Waals surface area contributed by atoms with Crippen LogP contribution in [0.15, 0.2) is 0 Å². The number of carbonyl (C=O) groups is 2. The number of ether oxygens (including phenoxy) is 2. The molecule has 1 saturated heterocycles. The maximum absolute atomic E-state index is 11.9. The van der Waals surface area contributed by atoms with Crippen LogP contribution in [0.1, 0.15) is 27.2 Å². The van der Waals surface area contributed by atoms with Crippen molar-refractivity contribution >= 4 is 12.1 Å². The van der Waals surface area contributed by atoms with E-state index in [-0.39, 0.29) is 6.42 Å². The van der Waals surface area contributed by atoms with Gasteiger partial charge in [-0.05, 0) is 20.8 Å². The molecule has 1 fully saturated rings. The Bertz CT molecular complexity index is 337. The lowest BCUT2D eigenvalue weighted by atomic mass is 10.2. The van der Waals surface area contributed by atoms with Crippen molar-refractivity contribution in [2.45, 2.75) is 51.2 Å². The summed E-state index contributed by atoms with van der Waals surface area (Å²) in [5, 5.41) is 19.2. The lowest BCUT2D eigenvalue weighted by molar-refractivity contribution is -0.148. The highest BCUT2D eigenvalue weighted by atomic mass is 16.6. The van der Waals surface area contributed by atoms with E-state index in [2.05, 4.69) is 4.74 Å². The molecule has 1 aliphatic heterocycles. The maximum atomic E-state index is 11.9. The first kappa shape index (κ1) is 14.7. The number of likely N-dealkylation sites (tertiary alicyclic amines) is 1. The Labute approximate surface area is 105 Å². The molecule has 18 heavy (non-hydrogen) atoms. The number of carbonyl (C=O) groups excluding carboxylic acids is 2. The third-order valence-corrected chi connectivity index (χ3v) is 2.51. The standard InChI is InChI=1S/C11H19NO6/c1-11(2,3)18-10(16)12-6(9(15)17-4)5-7(13)8(12)14/h6-8,13-14H,5H2,1-4H3. The molecule has 1 rings (SSSR count). The zero-order valence-electron chi connectivity index (χ0n) is 10.9. The number of methoxy groups -OCH3 is 1. The Morgan fingerprint density at radius 3 is 2.28 bits per heavy atom. The van der Waals surface area contributed by atoms with Crippen molar-refractivity contribution in [3.63, 3.8) is 0 Å². The maximum Gasteiger partial charge on any atom is 0.413 e. The van der Waals surface area contributed by atoms with Crippen LogP contribution in [0.5, 0.6) is 0 Å². The van der Waals surface area contributed by atoms with E-state index in [1.807, 2.05) is 0 Å². The Kier molecular flexibility index (Phi) is 4.18. The molecule has 2 N–H and O–H groups in total. The van der Waals surface area contributed by atoms with Crippen molar-refractivity contribution < 1.29 is 29.3 Å². The quantitative estimate of drug-likeness (QED) is 0.637. The minimum atomic E-state index is -1.47. The van der Waals surface area contributed by atoms with Gasteiger partial charge in [0.15, 0.2) is 6.23 Å². The number of esters is 1. The van der Waals surface area contributed by atoms with Crippen LogP contribution < -0.4 is 0 Å². The summed E-state index contributed by atoms with van der Waals surface area (Å²) in [6, 6.07) is -1.03. The Morgan fingerprint density at radius 1 is 1.28 bits per heavy atom. The summed E-state index contributed by atoms with van der Waals surface area (Å²) in [5.41, 5.74) is -0.759. The number of hydrogen-bond donors (Lipinski definition) is 2. The molecule has 0 aromatic carbocycles. The second-order valence-corrected chi connectivity index (χ2v) is 5.14.